The molecule has 1 atom stereocenters. The molecule has 1 aromatic heterocycles. The number of halogens is 2. The normalized spacial score (nSPS) is 20.7. The van der Waals surface area contributed by atoms with E-state index in [1.165, 1.54) is 10.4 Å². The summed E-state index contributed by atoms with van der Waals surface area (Å²) in [6, 6.07) is 21.2. The molecular formula is C27H34Cl2N4O2Si. The first-order chi connectivity index (χ1) is 16.9. The van der Waals surface area contributed by atoms with Crippen LogP contribution in [-0.4, -0.2) is 54.2 Å². The average molecular weight is 546 g/mol. The monoisotopic (exact) mass is 544 g/mol. The van der Waals surface area contributed by atoms with Gasteiger partial charge >= 0.3 is 0 Å². The molecule has 9 heteroatoms. The van der Waals surface area contributed by atoms with E-state index in [9.17, 15) is 0 Å². The van der Waals surface area contributed by atoms with Crippen molar-refractivity contribution < 1.29 is 9.16 Å². The molecule has 0 aliphatic carbocycles. The van der Waals surface area contributed by atoms with Crippen LogP contribution in [0.3, 0.4) is 0 Å². The van der Waals surface area contributed by atoms with Crippen LogP contribution in [0.1, 0.15) is 41.5 Å². The Morgan fingerprint density at radius 3 is 1.81 bits per heavy atom. The smallest absolute Gasteiger partial charge is 0.262 e. The van der Waals surface area contributed by atoms with Gasteiger partial charge in [0.2, 0.25) is 16.5 Å². The average Bonchev–Trinajstić information content (AvgIpc) is 2.92. The minimum Gasteiger partial charge on any atom is -0.398 e. The zero-order chi connectivity index (χ0) is 26.2. The highest BCUT2D eigenvalue weighted by Crippen LogP contribution is 2.41. The zero-order valence-electron chi connectivity index (χ0n) is 21.8. The first kappa shape index (κ1) is 27.0. The lowest BCUT2D eigenvalue weighted by molar-refractivity contribution is -0.00552. The molecule has 192 valence electrons. The van der Waals surface area contributed by atoms with Crippen LogP contribution in [0.5, 0.6) is 0 Å². The van der Waals surface area contributed by atoms with Crippen LogP contribution in [0, 0.1) is 0 Å². The largest absolute Gasteiger partial charge is 0.398 e. The van der Waals surface area contributed by atoms with Crippen molar-refractivity contribution in [1.29, 1.82) is 0 Å². The van der Waals surface area contributed by atoms with Gasteiger partial charge in [-0.3, -0.25) is 0 Å². The van der Waals surface area contributed by atoms with Crippen molar-refractivity contribution >= 4 is 47.8 Å². The van der Waals surface area contributed by atoms with E-state index in [2.05, 4.69) is 110 Å². The fourth-order valence-corrected chi connectivity index (χ4v) is 10.2. The van der Waals surface area contributed by atoms with Gasteiger partial charge in [0.25, 0.3) is 8.32 Å². The molecule has 0 amide bonds. The lowest BCUT2D eigenvalue weighted by atomic mass is 10.0. The fourth-order valence-electron chi connectivity index (χ4n) is 5.05. The Morgan fingerprint density at radius 2 is 1.33 bits per heavy atom. The van der Waals surface area contributed by atoms with Gasteiger partial charge in [0.1, 0.15) is 0 Å². The van der Waals surface area contributed by atoms with E-state index in [-0.39, 0.29) is 15.6 Å². The second-order valence-electron chi connectivity index (χ2n) is 11.3. The Morgan fingerprint density at radius 1 is 0.833 bits per heavy atom. The van der Waals surface area contributed by atoms with Crippen molar-refractivity contribution in [2.75, 3.05) is 24.7 Å². The molecule has 36 heavy (non-hydrogen) atoms. The highest BCUT2D eigenvalue weighted by Gasteiger charge is 2.55. The van der Waals surface area contributed by atoms with Crippen molar-refractivity contribution in [1.82, 2.24) is 15.0 Å². The molecule has 1 fully saturated rings. The lowest BCUT2D eigenvalue weighted by Gasteiger charge is -2.49. The highest BCUT2D eigenvalue weighted by molar-refractivity contribution is 6.99. The summed E-state index contributed by atoms with van der Waals surface area (Å²) in [6.45, 7) is 14.5. The van der Waals surface area contributed by atoms with Gasteiger partial charge in [-0.05, 0) is 59.4 Å². The van der Waals surface area contributed by atoms with Gasteiger partial charge in [0.15, 0.2) is 0 Å². The van der Waals surface area contributed by atoms with Crippen LogP contribution in [-0.2, 0) is 9.16 Å². The minimum absolute atomic E-state index is 0.0561. The molecule has 1 unspecified atom stereocenters. The molecule has 0 N–H and O–H groups in total. The van der Waals surface area contributed by atoms with Crippen molar-refractivity contribution in [2.24, 2.45) is 0 Å². The van der Waals surface area contributed by atoms with Crippen molar-refractivity contribution in [3.8, 4) is 0 Å². The van der Waals surface area contributed by atoms with E-state index in [4.69, 9.17) is 32.4 Å². The Hall–Kier alpha value is -2.03. The predicted molar refractivity (Wildman–Crippen MR) is 149 cm³/mol. The van der Waals surface area contributed by atoms with Gasteiger partial charge in [-0.15, -0.1) is 0 Å². The molecule has 1 aliphatic heterocycles. The summed E-state index contributed by atoms with van der Waals surface area (Å²) in [5.41, 5.74) is -1.12. The van der Waals surface area contributed by atoms with Gasteiger partial charge in [-0.2, -0.15) is 15.0 Å². The van der Waals surface area contributed by atoms with E-state index in [0.29, 0.717) is 25.7 Å². The molecule has 3 aromatic rings. The number of anilines is 1. The minimum atomic E-state index is -2.84. The molecule has 0 spiro atoms. The van der Waals surface area contributed by atoms with Crippen LogP contribution < -0.4 is 15.3 Å². The third-order valence-corrected chi connectivity index (χ3v) is 12.3. The third-order valence-electron chi connectivity index (χ3n) is 6.71. The molecule has 1 aliphatic rings. The van der Waals surface area contributed by atoms with Crippen LogP contribution in [0.25, 0.3) is 0 Å². The maximum absolute atomic E-state index is 7.52. The maximum Gasteiger partial charge on any atom is 0.262 e. The Kier molecular flexibility index (Phi) is 7.52. The second-order valence-corrected chi connectivity index (χ2v) is 16.2. The number of hydrogen-bond donors (Lipinski definition) is 0. The molecule has 4 rings (SSSR count). The molecule has 0 radical (unpaired) electrons. The number of ether oxygens (including phenoxy) is 1. The first-order valence-electron chi connectivity index (χ1n) is 12.1. The third kappa shape index (κ3) is 5.31. The van der Waals surface area contributed by atoms with Crippen LogP contribution in [0.2, 0.25) is 15.6 Å². The van der Waals surface area contributed by atoms with Gasteiger partial charge in [-0.25, -0.2) is 0 Å². The summed E-state index contributed by atoms with van der Waals surface area (Å²) in [4.78, 5) is 14.8. The number of hydrogen-bond acceptors (Lipinski definition) is 6. The lowest BCUT2D eigenvalue weighted by Crippen LogP contribution is -2.71. The van der Waals surface area contributed by atoms with Gasteiger partial charge < -0.3 is 14.1 Å². The Balaban J connectivity index is 1.86. The van der Waals surface area contributed by atoms with Crippen molar-refractivity contribution in [2.45, 2.75) is 57.7 Å². The summed E-state index contributed by atoms with van der Waals surface area (Å²) < 4.78 is 13.8. The summed E-state index contributed by atoms with van der Waals surface area (Å²) in [5, 5.41) is 2.36. The van der Waals surface area contributed by atoms with E-state index in [1.54, 1.807) is 0 Å². The van der Waals surface area contributed by atoms with E-state index < -0.39 is 19.5 Å². The molecular weight excluding hydrogens is 511 g/mol. The van der Waals surface area contributed by atoms with E-state index in [1.807, 2.05) is 12.1 Å². The number of nitrogens with zero attached hydrogens (tertiary/aromatic N) is 4. The molecule has 1 saturated heterocycles. The van der Waals surface area contributed by atoms with E-state index >= 15 is 0 Å². The molecule has 2 heterocycles. The second kappa shape index (κ2) is 10.0. The van der Waals surface area contributed by atoms with Gasteiger partial charge in [-0.1, -0.05) is 81.4 Å². The van der Waals surface area contributed by atoms with E-state index in [0.717, 1.165) is 0 Å². The number of benzene rings is 2. The Labute approximate surface area is 225 Å². The zero-order valence-corrected chi connectivity index (χ0v) is 24.3. The summed E-state index contributed by atoms with van der Waals surface area (Å²) >= 11 is 12.3. The predicted octanol–water partition coefficient (Wildman–Crippen LogP) is 5.13. The number of aromatic nitrogens is 3. The first-order valence-corrected chi connectivity index (χ1v) is 14.8. The fraction of sp³-hybridized carbons (Fsp3) is 0.444. The molecule has 6 nitrogen and oxygen atoms in total. The molecule has 0 saturated carbocycles. The van der Waals surface area contributed by atoms with Gasteiger partial charge in [0, 0.05) is 0 Å². The van der Waals surface area contributed by atoms with Gasteiger partial charge in [0.05, 0.1) is 30.9 Å². The SMILES string of the molecule is CC1(O[Si](c2ccccc2)(c2ccccc2)C(C)(C)C)COCC(C)(C)N(c2nc(Cl)nc(Cl)n2)C1. The van der Waals surface area contributed by atoms with Crippen molar-refractivity contribution in [3.05, 3.63) is 71.2 Å². The Bertz CT molecular complexity index is 1130. The van der Waals surface area contributed by atoms with Crippen molar-refractivity contribution in [3.63, 3.8) is 0 Å². The maximum atomic E-state index is 7.52. The topological polar surface area (TPSA) is 60.4 Å². The molecule has 0 bridgehead atoms. The summed E-state index contributed by atoms with van der Waals surface area (Å²) in [7, 11) is -2.84. The van der Waals surface area contributed by atoms with Crippen LogP contribution >= 0.6 is 23.2 Å². The quantitative estimate of drug-likeness (QED) is 0.415. The number of rotatable bonds is 5. The van der Waals surface area contributed by atoms with Crippen LogP contribution in [0.15, 0.2) is 60.7 Å². The standard InChI is InChI=1S/C27H34Cl2N4O2Si/c1-25(2,3)36(20-13-9-7-10-14-20,21-15-11-8-12-16-21)35-27(6)17-33(26(4,5)18-34-19-27)24-31-22(28)30-23(29)32-24/h7-16H,17-19H2,1-6H3. The highest BCUT2D eigenvalue weighted by atomic mass is 35.5. The summed E-state index contributed by atoms with van der Waals surface area (Å²) in [6.07, 6.45) is 0. The van der Waals surface area contributed by atoms with Crippen LogP contribution in [0.4, 0.5) is 5.95 Å². The molecule has 2 aromatic carbocycles. The summed E-state index contributed by atoms with van der Waals surface area (Å²) in [5.74, 6) is 0.410.